The molecule has 6 heteroatoms. The topological polar surface area (TPSA) is 58.2 Å². The van der Waals surface area contributed by atoms with Crippen molar-refractivity contribution in [2.45, 2.75) is 31.7 Å². The second-order valence-electron chi connectivity index (χ2n) is 6.08. The molecule has 130 valence electrons. The summed E-state index contributed by atoms with van der Waals surface area (Å²) in [5.74, 6) is -0.517. The standard InChI is InChI=1S/C19H18Cl2N2O2/c20-15-10-9-12(11-16(15)21)18(24)23-17-8-4-3-7-14(17)19(25)22-13-5-1-2-6-13/h3-4,7-11,13H,1-2,5-6H2,(H,22,25)(H,23,24). The first-order valence-electron chi connectivity index (χ1n) is 8.21. The van der Waals surface area contributed by atoms with Crippen molar-refractivity contribution in [2.24, 2.45) is 0 Å². The highest BCUT2D eigenvalue weighted by molar-refractivity contribution is 6.42. The number of rotatable bonds is 4. The summed E-state index contributed by atoms with van der Waals surface area (Å²) in [6, 6.07) is 11.8. The number of hydrogen-bond donors (Lipinski definition) is 2. The molecular formula is C19H18Cl2N2O2. The van der Waals surface area contributed by atoms with Gasteiger partial charge >= 0.3 is 0 Å². The van der Waals surface area contributed by atoms with E-state index in [4.69, 9.17) is 23.2 Å². The van der Waals surface area contributed by atoms with Crippen LogP contribution in [0.15, 0.2) is 42.5 Å². The molecule has 1 aliphatic rings. The van der Waals surface area contributed by atoms with Gasteiger partial charge in [0.1, 0.15) is 0 Å². The molecule has 2 aromatic rings. The first kappa shape index (κ1) is 17.8. The van der Waals surface area contributed by atoms with Crippen LogP contribution in [-0.2, 0) is 0 Å². The third-order valence-electron chi connectivity index (χ3n) is 4.29. The minimum Gasteiger partial charge on any atom is -0.349 e. The number of anilines is 1. The van der Waals surface area contributed by atoms with Gasteiger partial charge in [0.2, 0.25) is 0 Å². The van der Waals surface area contributed by atoms with E-state index < -0.39 is 0 Å². The largest absolute Gasteiger partial charge is 0.349 e. The Hall–Kier alpha value is -2.04. The maximum atomic E-state index is 12.5. The van der Waals surface area contributed by atoms with Crippen molar-refractivity contribution in [1.82, 2.24) is 5.32 Å². The second kappa shape index (κ2) is 7.89. The van der Waals surface area contributed by atoms with Gasteiger partial charge in [-0.2, -0.15) is 0 Å². The van der Waals surface area contributed by atoms with Gasteiger partial charge in [-0.05, 0) is 43.2 Å². The van der Waals surface area contributed by atoms with Crippen LogP contribution >= 0.6 is 23.2 Å². The normalized spacial score (nSPS) is 14.3. The van der Waals surface area contributed by atoms with Gasteiger partial charge in [0.05, 0.1) is 21.3 Å². The first-order chi connectivity index (χ1) is 12.0. The highest BCUT2D eigenvalue weighted by Crippen LogP contribution is 2.24. The van der Waals surface area contributed by atoms with Crippen molar-refractivity contribution >= 4 is 40.7 Å². The number of para-hydroxylation sites is 1. The molecular weight excluding hydrogens is 359 g/mol. The summed E-state index contributed by atoms with van der Waals surface area (Å²) in [4.78, 5) is 25.0. The molecule has 0 saturated heterocycles. The minimum atomic E-state index is -0.348. The van der Waals surface area contributed by atoms with E-state index in [9.17, 15) is 9.59 Å². The molecule has 0 atom stereocenters. The Morgan fingerprint density at radius 3 is 2.36 bits per heavy atom. The molecule has 2 aromatic carbocycles. The molecule has 4 nitrogen and oxygen atoms in total. The number of halogens is 2. The maximum absolute atomic E-state index is 12.5. The second-order valence-corrected chi connectivity index (χ2v) is 6.90. The van der Waals surface area contributed by atoms with Gasteiger partial charge in [0.15, 0.2) is 0 Å². The van der Waals surface area contributed by atoms with Crippen LogP contribution < -0.4 is 10.6 Å². The van der Waals surface area contributed by atoms with Gasteiger partial charge in [-0.3, -0.25) is 9.59 Å². The molecule has 0 unspecified atom stereocenters. The Morgan fingerprint density at radius 2 is 1.64 bits per heavy atom. The third-order valence-corrected chi connectivity index (χ3v) is 5.03. The van der Waals surface area contributed by atoms with E-state index in [0.717, 1.165) is 25.7 Å². The Labute approximate surface area is 156 Å². The van der Waals surface area contributed by atoms with Gasteiger partial charge < -0.3 is 10.6 Å². The number of nitrogens with one attached hydrogen (secondary N) is 2. The molecule has 0 radical (unpaired) electrons. The Balaban J connectivity index is 1.76. The van der Waals surface area contributed by atoms with Crippen molar-refractivity contribution in [3.63, 3.8) is 0 Å². The lowest BCUT2D eigenvalue weighted by Gasteiger charge is -2.15. The van der Waals surface area contributed by atoms with Gasteiger partial charge in [0, 0.05) is 11.6 Å². The molecule has 1 aliphatic carbocycles. The number of hydrogen-bond acceptors (Lipinski definition) is 2. The Morgan fingerprint density at radius 1 is 0.920 bits per heavy atom. The summed E-state index contributed by atoms with van der Waals surface area (Å²) in [5, 5.41) is 6.51. The number of amides is 2. The zero-order chi connectivity index (χ0) is 17.8. The van der Waals surface area contributed by atoms with Crippen molar-refractivity contribution in [1.29, 1.82) is 0 Å². The Kier molecular flexibility index (Phi) is 5.61. The van der Waals surface area contributed by atoms with Crippen LogP contribution in [0.3, 0.4) is 0 Å². The SMILES string of the molecule is O=C(Nc1ccccc1C(=O)NC1CCCC1)c1ccc(Cl)c(Cl)c1. The average molecular weight is 377 g/mol. The number of benzene rings is 2. The highest BCUT2D eigenvalue weighted by Gasteiger charge is 2.20. The molecule has 0 bridgehead atoms. The summed E-state index contributed by atoms with van der Waals surface area (Å²) in [6.45, 7) is 0. The van der Waals surface area contributed by atoms with Crippen LogP contribution in [0, 0.1) is 0 Å². The summed E-state index contributed by atoms with van der Waals surface area (Å²) in [6.07, 6.45) is 4.29. The number of carbonyl (C=O) groups excluding carboxylic acids is 2. The zero-order valence-corrected chi connectivity index (χ0v) is 15.0. The van der Waals surface area contributed by atoms with Crippen molar-refractivity contribution in [3.8, 4) is 0 Å². The predicted octanol–water partition coefficient (Wildman–Crippen LogP) is 4.92. The van der Waals surface area contributed by atoms with E-state index in [-0.39, 0.29) is 17.9 Å². The first-order valence-corrected chi connectivity index (χ1v) is 8.96. The van der Waals surface area contributed by atoms with Crippen LogP contribution in [0.4, 0.5) is 5.69 Å². The predicted molar refractivity (Wildman–Crippen MR) is 101 cm³/mol. The van der Waals surface area contributed by atoms with Gasteiger partial charge in [-0.1, -0.05) is 48.2 Å². The molecule has 0 spiro atoms. The van der Waals surface area contributed by atoms with Crippen molar-refractivity contribution in [3.05, 3.63) is 63.6 Å². The molecule has 25 heavy (non-hydrogen) atoms. The van der Waals surface area contributed by atoms with E-state index in [2.05, 4.69) is 10.6 Å². The van der Waals surface area contributed by atoms with E-state index >= 15 is 0 Å². The molecule has 0 heterocycles. The highest BCUT2D eigenvalue weighted by atomic mass is 35.5. The fraction of sp³-hybridized carbons (Fsp3) is 0.263. The van der Waals surface area contributed by atoms with Gasteiger partial charge in [-0.15, -0.1) is 0 Å². The lowest BCUT2D eigenvalue weighted by Crippen LogP contribution is -2.33. The molecule has 2 N–H and O–H groups in total. The number of carbonyl (C=O) groups is 2. The fourth-order valence-electron chi connectivity index (χ4n) is 2.96. The summed E-state index contributed by atoms with van der Waals surface area (Å²) >= 11 is 11.8. The van der Waals surface area contributed by atoms with Crippen LogP contribution in [-0.4, -0.2) is 17.9 Å². The quantitative estimate of drug-likeness (QED) is 0.795. The van der Waals surface area contributed by atoms with E-state index in [1.807, 2.05) is 0 Å². The van der Waals surface area contributed by atoms with Gasteiger partial charge in [0.25, 0.3) is 11.8 Å². The third kappa shape index (κ3) is 4.33. The smallest absolute Gasteiger partial charge is 0.255 e. The lowest BCUT2D eigenvalue weighted by atomic mass is 10.1. The summed E-state index contributed by atoms with van der Waals surface area (Å²) in [5.41, 5.74) is 1.29. The van der Waals surface area contributed by atoms with E-state index in [1.165, 1.54) is 6.07 Å². The molecule has 3 rings (SSSR count). The van der Waals surface area contributed by atoms with Crippen LogP contribution in [0.25, 0.3) is 0 Å². The molecule has 1 saturated carbocycles. The van der Waals surface area contributed by atoms with E-state index in [0.29, 0.717) is 26.9 Å². The van der Waals surface area contributed by atoms with Crippen LogP contribution in [0.2, 0.25) is 10.0 Å². The monoisotopic (exact) mass is 376 g/mol. The molecule has 0 aliphatic heterocycles. The summed E-state index contributed by atoms with van der Waals surface area (Å²) in [7, 11) is 0. The Bertz CT molecular complexity index is 802. The van der Waals surface area contributed by atoms with E-state index in [1.54, 1.807) is 36.4 Å². The van der Waals surface area contributed by atoms with Crippen molar-refractivity contribution < 1.29 is 9.59 Å². The lowest BCUT2D eigenvalue weighted by molar-refractivity contribution is 0.0939. The average Bonchev–Trinajstić information content (AvgIpc) is 3.10. The minimum absolute atomic E-state index is 0.170. The van der Waals surface area contributed by atoms with Crippen molar-refractivity contribution in [2.75, 3.05) is 5.32 Å². The zero-order valence-electron chi connectivity index (χ0n) is 13.5. The van der Waals surface area contributed by atoms with Gasteiger partial charge in [-0.25, -0.2) is 0 Å². The molecule has 2 amide bonds. The molecule has 0 aromatic heterocycles. The van der Waals surface area contributed by atoms with Crippen LogP contribution in [0.5, 0.6) is 0 Å². The maximum Gasteiger partial charge on any atom is 0.255 e. The van der Waals surface area contributed by atoms with Crippen LogP contribution in [0.1, 0.15) is 46.4 Å². The molecule has 1 fully saturated rings. The fourth-order valence-corrected chi connectivity index (χ4v) is 3.25. The summed E-state index contributed by atoms with van der Waals surface area (Å²) < 4.78 is 0.